The van der Waals surface area contributed by atoms with Crippen molar-refractivity contribution >= 4 is 29.2 Å². The number of rotatable bonds is 4. The van der Waals surface area contributed by atoms with Crippen molar-refractivity contribution in [1.82, 2.24) is 9.80 Å². The van der Waals surface area contributed by atoms with E-state index >= 15 is 0 Å². The van der Waals surface area contributed by atoms with E-state index < -0.39 is 11.9 Å². The van der Waals surface area contributed by atoms with Crippen molar-refractivity contribution in [1.29, 1.82) is 0 Å². The minimum absolute atomic E-state index is 0.159. The summed E-state index contributed by atoms with van der Waals surface area (Å²) < 4.78 is 5.41. The lowest BCUT2D eigenvalue weighted by atomic mass is 10.1. The SMILES string of the molecule is COc1ccccc1CN1CCN(C(=O)c2cccs2)CC1.O=C(O)C(=O)O. The highest BCUT2D eigenvalue weighted by Gasteiger charge is 2.23. The van der Waals surface area contributed by atoms with Gasteiger partial charge < -0.3 is 19.8 Å². The van der Waals surface area contributed by atoms with Crippen LogP contribution in [0.4, 0.5) is 0 Å². The minimum Gasteiger partial charge on any atom is -0.496 e. The number of piperazine rings is 1. The van der Waals surface area contributed by atoms with Gasteiger partial charge in [-0.25, -0.2) is 9.59 Å². The molecular weight excluding hydrogens is 384 g/mol. The van der Waals surface area contributed by atoms with E-state index in [1.807, 2.05) is 40.6 Å². The van der Waals surface area contributed by atoms with Gasteiger partial charge in [0, 0.05) is 38.3 Å². The zero-order chi connectivity index (χ0) is 20.5. The van der Waals surface area contributed by atoms with E-state index in [1.54, 1.807) is 7.11 Å². The third-order valence-electron chi connectivity index (χ3n) is 4.16. The third kappa shape index (κ3) is 6.07. The molecule has 3 rings (SSSR count). The number of thiophene rings is 1. The van der Waals surface area contributed by atoms with Gasteiger partial charge >= 0.3 is 11.9 Å². The normalized spacial score (nSPS) is 14.0. The molecule has 1 aliphatic rings. The second-order valence-electron chi connectivity index (χ2n) is 5.97. The number of carbonyl (C=O) groups is 3. The van der Waals surface area contributed by atoms with Crippen molar-refractivity contribution in [3.05, 3.63) is 52.2 Å². The molecule has 9 heteroatoms. The van der Waals surface area contributed by atoms with Crippen LogP contribution in [0.3, 0.4) is 0 Å². The topological polar surface area (TPSA) is 107 Å². The van der Waals surface area contributed by atoms with Crippen LogP contribution in [0, 0.1) is 0 Å². The van der Waals surface area contributed by atoms with Gasteiger partial charge in [-0.2, -0.15) is 0 Å². The lowest BCUT2D eigenvalue weighted by Crippen LogP contribution is -2.48. The summed E-state index contributed by atoms with van der Waals surface area (Å²) in [5.74, 6) is -2.56. The number of benzene rings is 1. The molecule has 0 aliphatic carbocycles. The van der Waals surface area contributed by atoms with Crippen LogP contribution in [0.25, 0.3) is 0 Å². The van der Waals surface area contributed by atoms with Crippen LogP contribution < -0.4 is 4.74 Å². The number of hydrogen-bond donors (Lipinski definition) is 2. The number of carboxylic acids is 2. The number of amides is 1. The average Bonchev–Trinajstić information content (AvgIpc) is 3.24. The van der Waals surface area contributed by atoms with Gasteiger partial charge in [-0.05, 0) is 17.5 Å². The third-order valence-corrected chi connectivity index (χ3v) is 5.02. The van der Waals surface area contributed by atoms with Crippen LogP contribution in [0.15, 0.2) is 41.8 Å². The smallest absolute Gasteiger partial charge is 0.414 e. The second-order valence-corrected chi connectivity index (χ2v) is 6.92. The van der Waals surface area contributed by atoms with Gasteiger partial charge in [0.1, 0.15) is 5.75 Å². The Labute approximate surface area is 166 Å². The van der Waals surface area contributed by atoms with Crippen molar-refractivity contribution in [2.75, 3.05) is 33.3 Å². The molecule has 2 N–H and O–H groups in total. The van der Waals surface area contributed by atoms with E-state index in [-0.39, 0.29) is 5.91 Å². The molecule has 2 heterocycles. The summed E-state index contributed by atoms with van der Waals surface area (Å²) in [5, 5.41) is 16.7. The van der Waals surface area contributed by atoms with Crippen LogP contribution in [0.1, 0.15) is 15.2 Å². The maximum Gasteiger partial charge on any atom is 0.414 e. The molecule has 1 saturated heterocycles. The van der Waals surface area contributed by atoms with Gasteiger partial charge in [0.25, 0.3) is 5.91 Å². The summed E-state index contributed by atoms with van der Waals surface area (Å²) in [7, 11) is 1.70. The highest BCUT2D eigenvalue weighted by Crippen LogP contribution is 2.20. The molecule has 0 saturated carbocycles. The summed E-state index contributed by atoms with van der Waals surface area (Å²) in [6, 6.07) is 11.9. The number of aliphatic carboxylic acids is 2. The lowest BCUT2D eigenvalue weighted by molar-refractivity contribution is -0.159. The minimum atomic E-state index is -1.82. The number of para-hydroxylation sites is 1. The van der Waals surface area contributed by atoms with Crippen LogP contribution in [-0.4, -0.2) is 71.1 Å². The highest BCUT2D eigenvalue weighted by atomic mass is 32.1. The summed E-state index contributed by atoms with van der Waals surface area (Å²) in [6.45, 7) is 4.23. The maximum atomic E-state index is 12.3. The Morgan fingerprint density at radius 3 is 2.18 bits per heavy atom. The number of nitrogens with zero attached hydrogens (tertiary/aromatic N) is 2. The van der Waals surface area contributed by atoms with Gasteiger partial charge in [-0.1, -0.05) is 24.3 Å². The first-order valence-electron chi connectivity index (χ1n) is 8.55. The fourth-order valence-electron chi connectivity index (χ4n) is 2.74. The lowest BCUT2D eigenvalue weighted by Gasteiger charge is -2.34. The molecule has 1 amide bonds. The Morgan fingerprint density at radius 1 is 1.00 bits per heavy atom. The van der Waals surface area contributed by atoms with E-state index in [4.69, 9.17) is 24.5 Å². The zero-order valence-corrected chi connectivity index (χ0v) is 16.2. The number of methoxy groups -OCH3 is 1. The number of carbonyl (C=O) groups excluding carboxylic acids is 1. The molecule has 8 nitrogen and oxygen atoms in total. The van der Waals surface area contributed by atoms with Crippen LogP contribution in [0.5, 0.6) is 5.75 Å². The zero-order valence-electron chi connectivity index (χ0n) is 15.4. The van der Waals surface area contributed by atoms with Crippen molar-refractivity contribution in [3.63, 3.8) is 0 Å². The van der Waals surface area contributed by atoms with Crippen molar-refractivity contribution < 1.29 is 29.3 Å². The summed E-state index contributed by atoms with van der Waals surface area (Å²) in [5.41, 5.74) is 1.20. The van der Waals surface area contributed by atoms with Gasteiger partial charge in [-0.15, -0.1) is 11.3 Å². The predicted molar refractivity (Wildman–Crippen MR) is 104 cm³/mol. The molecule has 1 aliphatic heterocycles. The first kappa shape index (κ1) is 21.4. The summed E-state index contributed by atoms with van der Waals surface area (Å²) in [4.78, 5) is 35.7. The van der Waals surface area contributed by atoms with E-state index in [9.17, 15) is 4.79 Å². The molecule has 1 aromatic heterocycles. The van der Waals surface area contributed by atoms with E-state index in [1.165, 1.54) is 16.9 Å². The Bertz CT molecular complexity index is 789. The molecular formula is C19H22N2O6S. The quantitative estimate of drug-likeness (QED) is 0.747. The van der Waals surface area contributed by atoms with Gasteiger partial charge in [0.2, 0.25) is 0 Å². The highest BCUT2D eigenvalue weighted by molar-refractivity contribution is 7.12. The molecule has 0 atom stereocenters. The Kier molecular flexibility index (Phi) is 7.97. The fourth-order valence-corrected chi connectivity index (χ4v) is 3.43. The number of carboxylic acid groups (broad SMARTS) is 2. The van der Waals surface area contributed by atoms with Gasteiger partial charge in [0.15, 0.2) is 0 Å². The molecule has 0 bridgehead atoms. The van der Waals surface area contributed by atoms with Gasteiger partial charge in [0.05, 0.1) is 12.0 Å². The van der Waals surface area contributed by atoms with E-state index in [0.717, 1.165) is 43.4 Å². The molecule has 0 unspecified atom stereocenters. The van der Waals surface area contributed by atoms with Crippen LogP contribution in [-0.2, 0) is 16.1 Å². The Morgan fingerprint density at radius 2 is 1.64 bits per heavy atom. The van der Waals surface area contributed by atoms with Crippen LogP contribution >= 0.6 is 11.3 Å². The largest absolute Gasteiger partial charge is 0.496 e. The Balaban J connectivity index is 0.000000409. The Hall–Kier alpha value is -2.91. The van der Waals surface area contributed by atoms with Crippen molar-refractivity contribution in [2.45, 2.75) is 6.54 Å². The molecule has 0 radical (unpaired) electrons. The number of ether oxygens (including phenoxy) is 1. The first-order chi connectivity index (χ1) is 13.4. The second kappa shape index (κ2) is 10.4. The van der Waals surface area contributed by atoms with E-state index in [2.05, 4.69) is 11.0 Å². The monoisotopic (exact) mass is 406 g/mol. The molecule has 150 valence electrons. The van der Waals surface area contributed by atoms with E-state index in [0.29, 0.717) is 0 Å². The fraction of sp³-hybridized carbons (Fsp3) is 0.316. The first-order valence-corrected chi connectivity index (χ1v) is 9.43. The summed E-state index contributed by atoms with van der Waals surface area (Å²) in [6.07, 6.45) is 0. The van der Waals surface area contributed by atoms with Gasteiger partial charge in [-0.3, -0.25) is 9.69 Å². The van der Waals surface area contributed by atoms with Crippen LogP contribution in [0.2, 0.25) is 0 Å². The molecule has 2 aromatic rings. The molecule has 28 heavy (non-hydrogen) atoms. The predicted octanol–water partition coefficient (Wildman–Crippen LogP) is 1.87. The standard InChI is InChI=1S/C17H20N2O2S.C2H2O4/c1-21-15-6-3-2-5-14(15)13-18-8-10-19(11-9-18)17(20)16-7-4-12-22-16;3-1(4)2(5)6/h2-7,12H,8-11,13H2,1H3;(H,3,4)(H,5,6). The maximum absolute atomic E-state index is 12.3. The molecule has 1 fully saturated rings. The molecule has 0 spiro atoms. The number of hydrogen-bond acceptors (Lipinski definition) is 6. The van der Waals surface area contributed by atoms with Crippen molar-refractivity contribution in [2.24, 2.45) is 0 Å². The molecule has 1 aromatic carbocycles. The average molecular weight is 406 g/mol. The van der Waals surface area contributed by atoms with Crippen molar-refractivity contribution in [3.8, 4) is 5.75 Å². The summed E-state index contributed by atoms with van der Waals surface area (Å²) >= 11 is 1.51.